The van der Waals surface area contributed by atoms with Crippen LogP contribution < -0.4 is 0 Å². The normalized spacial score (nSPS) is 11.4. The van der Waals surface area contributed by atoms with Gasteiger partial charge in [-0.1, -0.05) is 25.9 Å². The number of ether oxygens (including phenoxy) is 6. The first kappa shape index (κ1) is 38.1. The van der Waals surface area contributed by atoms with Crippen molar-refractivity contribution in [3.05, 3.63) is 10.4 Å². The molecule has 0 radical (unpaired) electrons. The largest absolute Gasteiger partial charge is 0.379 e. The zero-order chi connectivity index (χ0) is 29.7. The summed E-state index contributed by atoms with van der Waals surface area (Å²) >= 11 is 0. The minimum absolute atomic E-state index is 0.136. The smallest absolute Gasteiger partial charge is 0.140 e. The van der Waals surface area contributed by atoms with Gasteiger partial charge in [0.1, 0.15) is 17.3 Å². The van der Waals surface area contributed by atoms with E-state index < -0.39 is 0 Å². The first-order valence-corrected chi connectivity index (χ1v) is 14.3. The molecule has 0 amide bonds. The molecule has 0 aromatic carbocycles. The monoisotopic (exact) mass is 573 g/mol. The van der Waals surface area contributed by atoms with Crippen LogP contribution in [0.4, 0.5) is 0 Å². The number of rotatable bonds is 30. The second-order valence-electron chi connectivity index (χ2n) is 10.2. The zero-order valence-corrected chi connectivity index (χ0v) is 24.9. The summed E-state index contributed by atoms with van der Waals surface area (Å²) in [6.07, 6.45) is 4.03. The number of carbonyl (C=O) groups excluding carboxylic acids is 3. The third kappa shape index (κ3) is 27.6. The van der Waals surface area contributed by atoms with Gasteiger partial charge >= 0.3 is 0 Å². The fourth-order valence-electron chi connectivity index (χ4n) is 3.15. The highest BCUT2D eigenvalue weighted by atomic mass is 16.5. The van der Waals surface area contributed by atoms with Crippen LogP contribution in [0.1, 0.15) is 72.1 Å². The summed E-state index contributed by atoms with van der Waals surface area (Å²) in [6, 6.07) is 0. The van der Waals surface area contributed by atoms with Gasteiger partial charge < -0.3 is 28.4 Å². The number of Topliss-reactive ketones (excluding diaryl/α,β-unsaturated/α-hetero) is 3. The second-order valence-corrected chi connectivity index (χ2v) is 10.2. The van der Waals surface area contributed by atoms with E-state index in [4.69, 9.17) is 34.0 Å². The lowest BCUT2D eigenvalue weighted by molar-refractivity contribution is -0.127. The minimum atomic E-state index is -0.332. The fourth-order valence-corrected chi connectivity index (χ4v) is 3.15. The van der Waals surface area contributed by atoms with Crippen LogP contribution >= 0.6 is 0 Å². The quantitative estimate of drug-likeness (QED) is 0.0530. The lowest BCUT2D eigenvalue weighted by Gasteiger charge is -2.16. The maximum atomic E-state index is 11.9. The van der Waals surface area contributed by atoms with Crippen LogP contribution in [0.5, 0.6) is 0 Å². The fraction of sp³-hybridized carbons (Fsp3) is 0.893. The molecule has 0 unspecified atom stereocenters. The Hall–Kier alpha value is -1.92. The highest BCUT2D eigenvalue weighted by Crippen LogP contribution is 2.16. The second kappa shape index (κ2) is 27.3. The number of ketones is 3. The standard InChI is InChI=1S/C28H51N3O9/c1-28(2,3)27(34)11-18-40-24-20-36-14-5-8-25(32)9-16-38-22-19-35-13-4-7-26(33)10-17-39-23-21-37-15-6-12-30-31-29/h4-24H2,1-3H3. The summed E-state index contributed by atoms with van der Waals surface area (Å²) in [6.45, 7) is 11.4. The molecular formula is C28H51N3O9. The molecule has 12 heteroatoms. The number of azide groups is 1. The lowest BCUT2D eigenvalue weighted by Crippen LogP contribution is -2.21. The van der Waals surface area contributed by atoms with Crippen LogP contribution in [0.25, 0.3) is 10.4 Å². The molecule has 12 nitrogen and oxygen atoms in total. The van der Waals surface area contributed by atoms with Crippen LogP contribution in [-0.2, 0) is 42.8 Å². The molecule has 0 aliphatic heterocycles. The van der Waals surface area contributed by atoms with E-state index in [1.54, 1.807) is 0 Å². The van der Waals surface area contributed by atoms with Gasteiger partial charge in [-0.3, -0.25) is 14.4 Å². The maximum absolute atomic E-state index is 11.9. The molecule has 0 saturated carbocycles. The molecule has 0 bridgehead atoms. The Morgan fingerprint density at radius 3 is 1.32 bits per heavy atom. The van der Waals surface area contributed by atoms with E-state index in [1.165, 1.54) is 0 Å². The first-order valence-electron chi connectivity index (χ1n) is 14.3. The molecule has 0 rings (SSSR count). The average molecular weight is 574 g/mol. The first-order chi connectivity index (χ1) is 19.3. The summed E-state index contributed by atoms with van der Waals surface area (Å²) in [4.78, 5) is 38.2. The molecule has 0 fully saturated rings. The van der Waals surface area contributed by atoms with Gasteiger partial charge in [0.25, 0.3) is 0 Å². The van der Waals surface area contributed by atoms with E-state index in [2.05, 4.69) is 10.0 Å². The van der Waals surface area contributed by atoms with Crippen LogP contribution in [0.3, 0.4) is 0 Å². The van der Waals surface area contributed by atoms with E-state index in [-0.39, 0.29) is 22.8 Å². The molecule has 0 aliphatic rings. The molecule has 0 spiro atoms. The van der Waals surface area contributed by atoms with Crippen LogP contribution in [0.15, 0.2) is 5.11 Å². The topological polar surface area (TPSA) is 155 Å². The Bertz CT molecular complexity index is 708. The number of carbonyl (C=O) groups is 3. The molecule has 0 saturated heterocycles. The molecule has 0 aliphatic carbocycles. The number of nitrogens with zero attached hydrogens (tertiary/aromatic N) is 3. The SMILES string of the molecule is CC(C)(C)C(=O)CCOCCOCCCC(=O)CCOCCOCCCC(=O)CCOCCOCCCN=[N+]=[N-]. The van der Waals surface area contributed by atoms with Crippen molar-refractivity contribution in [3.63, 3.8) is 0 Å². The molecule has 0 N–H and O–H groups in total. The van der Waals surface area contributed by atoms with E-state index >= 15 is 0 Å². The Labute approximate surface area is 239 Å². The van der Waals surface area contributed by atoms with E-state index in [1.807, 2.05) is 20.8 Å². The molecule has 232 valence electrons. The highest BCUT2D eigenvalue weighted by Gasteiger charge is 2.20. The molecule has 40 heavy (non-hydrogen) atoms. The zero-order valence-electron chi connectivity index (χ0n) is 24.9. The van der Waals surface area contributed by atoms with Crippen molar-refractivity contribution in [2.75, 3.05) is 85.8 Å². The molecular weight excluding hydrogens is 522 g/mol. The third-order valence-corrected chi connectivity index (χ3v) is 5.58. The highest BCUT2D eigenvalue weighted by molar-refractivity contribution is 5.83. The predicted molar refractivity (Wildman–Crippen MR) is 150 cm³/mol. The van der Waals surface area contributed by atoms with Crippen LogP contribution in [0.2, 0.25) is 0 Å². The van der Waals surface area contributed by atoms with E-state index in [0.717, 1.165) is 0 Å². The van der Waals surface area contributed by atoms with Gasteiger partial charge in [0.05, 0.1) is 59.5 Å². The molecule has 0 aromatic rings. The average Bonchev–Trinajstić information content (AvgIpc) is 2.91. The van der Waals surface area contributed by atoms with Crippen molar-refractivity contribution >= 4 is 17.3 Å². The number of hydrogen-bond donors (Lipinski definition) is 0. The molecule has 0 aromatic heterocycles. The van der Waals surface area contributed by atoms with Crippen molar-refractivity contribution in [2.45, 2.75) is 72.1 Å². The van der Waals surface area contributed by atoms with Crippen molar-refractivity contribution in [3.8, 4) is 0 Å². The summed E-state index contributed by atoms with van der Waals surface area (Å²) in [5.41, 5.74) is 7.82. The summed E-state index contributed by atoms with van der Waals surface area (Å²) < 4.78 is 32.5. The van der Waals surface area contributed by atoms with Crippen LogP contribution in [0, 0.1) is 5.41 Å². The third-order valence-electron chi connectivity index (χ3n) is 5.58. The summed E-state index contributed by atoms with van der Waals surface area (Å²) in [7, 11) is 0. The minimum Gasteiger partial charge on any atom is -0.379 e. The summed E-state index contributed by atoms with van der Waals surface area (Å²) in [5, 5.41) is 3.42. The van der Waals surface area contributed by atoms with Gasteiger partial charge in [-0.05, 0) is 24.8 Å². The van der Waals surface area contributed by atoms with Gasteiger partial charge in [-0.2, -0.15) is 0 Å². The van der Waals surface area contributed by atoms with Crippen molar-refractivity contribution < 1.29 is 42.8 Å². The summed E-state index contributed by atoms with van der Waals surface area (Å²) in [5.74, 6) is 0.456. The Kier molecular flexibility index (Phi) is 26.0. The lowest BCUT2D eigenvalue weighted by atomic mass is 9.89. The van der Waals surface area contributed by atoms with Crippen LogP contribution in [-0.4, -0.2) is 103 Å². The van der Waals surface area contributed by atoms with E-state index in [9.17, 15) is 14.4 Å². The predicted octanol–water partition coefficient (Wildman–Crippen LogP) is 4.27. The van der Waals surface area contributed by atoms with E-state index in [0.29, 0.717) is 137 Å². The molecule has 0 atom stereocenters. The maximum Gasteiger partial charge on any atom is 0.140 e. The number of hydrogen-bond acceptors (Lipinski definition) is 10. The van der Waals surface area contributed by atoms with Gasteiger partial charge in [0.15, 0.2) is 0 Å². The Balaban J connectivity index is 3.33. The Morgan fingerprint density at radius 1 is 0.550 bits per heavy atom. The van der Waals surface area contributed by atoms with Crippen molar-refractivity contribution in [2.24, 2.45) is 10.5 Å². The van der Waals surface area contributed by atoms with Crippen molar-refractivity contribution in [1.82, 2.24) is 0 Å². The molecule has 0 heterocycles. The van der Waals surface area contributed by atoms with Gasteiger partial charge in [-0.15, -0.1) is 0 Å². The Morgan fingerprint density at radius 2 is 0.925 bits per heavy atom. The van der Waals surface area contributed by atoms with Gasteiger partial charge in [0.2, 0.25) is 0 Å². The van der Waals surface area contributed by atoms with Gasteiger partial charge in [-0.25, -0.2) is 0 Å². The van der Waals surface area contributed by atoms with Gasteiger partial charge in [0, 0.05) is 68.8 Å². The van der Waals surface area contributed by atoms with Crippen molar-refractivity contribution in [1.29, 1.82) is 0 Å².